The zero-order chi connectivity index (χ0) is 26.8. The van der Waals surface area contributed by atoms with E-state index in [2.05, 4.69) is 10.6 Å². The van der Waals surface area contributed by atoms with E-state index >= 15 is 0 Å². The topological polar surface area (TPSA) is 79.3 Å². The summed E-state index contributed by atoms with van der Waals surface area (Å²) in [7, 11) is 0. The molecule has 0 aliphatic heterocycles. The molecule has 1 aromatic heterocycles. The number of aromatic nitrogens is 2. The van der Waals surface area contributed by atoms with Gasteiger partial charge in [0.25, 0.3) is 0 Å². The Kier molecular flexibility index (Phi) is 8.37. The van der Waals surface area contributed by atoms with Crippen molar-refractivity contribution in [1.82, 2.24) is 14.7 Å². The van der Waals surface area contributed by atoms with Gasteiger partial charge in [0.05, 0.1) is 21.4 Å². The molecule has 36 heavy (non-hydrogen) atoms. The second kappa shape index (κ2) is 10.9. The predicted octanol–water partition coefficient (Wildman–Crippen LogP) is 6.97. The Bertz CT molecular complexity index is 1280. The summed E-state index contributed by atoms with van der Waals surface area (Å²) >= 11 is 12.3. The third kappa shape index (κ3) is 6.39. The highest BCUT2D eigenvalue weighted by atomic mass is 35.5. The van der Waals surface area contributed by atoms with Gasteiger partial charge < -0.3 is 15.5 Å². The lowest BCUT2D eigenvalue weighted by Crippen LogP contribution is -2.44. The van der Waals surface area contributed by atoms with Crippen molar-refractivity contribution in [1.29, 1.82) is 0 Å². The first kappa shape index (κ1) is 27.6. The number of rotatable bonds is 6. The predicted molar refractivity (Wildman–Crippen MR) is 148 cm³/mol. The van der Waals surface area contributed by atoms with Crippen LogP contribution in [0.3, 0.4) is 0 Å². The van der Waals surface area contributed by atoms with Gasteiger partial charge in [0, 0.05) is 23.2 Å². The van der Waals surface area contributed by atoms with Crippen LogP contribution in [0.15, 0.2) is 42.5 Å². The fourth-order valence-corrected chi connectivity index (χ4v) is 3.84. The van der Waals surface area contributed by atoms with Gasteiger partial charge in [0.1, 0.15) is 12.4 Å². The summed E-state index contributed by atoms with van der Waals surface area (Å²) in [6, 6.07) is 12.2. The molecule has 1 heterocycles. The van der Waals surface area contributed by atoms with Crippen molar-refractivity contribution in [3.63, 3.8) is 0 Å². The summed E-state index contributed by atoms with van der Waals surface area (Å²) in [6.45, 7) is 13.7. The molecule has 0 aliphatic rings. The van der Waals surface area contributed by atoms with Gasteiger partial charge >= 0.3 is 6.03 Å². The normalized spacial score (nSPS) is 11.5. The van der Waals surface area contributed by atoms with Crippen LogP contribution in [0.2, 0.25) is 10.0 Å². The minimum atomic E-state index is -0.346. The highest BCUT2D eigenvalue weighted by Gasteiger charge is 2.24. The molecule has 0 atom stereocenters. The lowest BCUT2D eigenvalue weighted by Gasteiger charge is -2.27. The van der Waals surface area contributed by atoms with Crippen LogP contribution in [0.4, 0.5) is 16.3 Å². The number of nitrogens with zero attached hydrogens (tertiary/aromatic N) is 3. The first-order chi connectivity index (χ1) is 16.8. The van der Waals surface area contributed by atoms with E-state index in [0.717, 1.165) is 22.5 Å². The molecule has 0 spiro atoms. The standard InChI is InChI=1S/C27H33Cl2N5O2/c1-16(2)33(26(36)30-22-10-8-9-17(3)18(22)4)15-25(35)31-24-14-23(27(5,6)7)32-34(24)19-11-12-20(28)21(29)13-19/h8-14,16H,15H2,1-7H3,(H,30,36)(H,31,35). The number of nitrogens with one attached hydrogen (secondary N) is 2. The van der Waals surface area contributed by atoms with Crippen LogP contribution in [-0.4, -0.2) is 39.2 Å². The van der Waals surface area contributed by atoms with Gasteiger partial charge in [-0.05, 0) is 63.1 Å². The lowest BCUT2D eigenvalue weighted by molar-refractivity contribution is -0.117. The Balaban J connectivity index is 1.85. The molecule has 3 amide bonds. The zero-order valence-electron chi connectivity index (χ0n) is 21.7. The second-order valence-corrected chi connectivity index (χ2v) is 10.9. The van der Waals surface area contributed by atoms with Crippen LogP contribution in [0.5, 0.6) is 0 Å². The van der Waals surface area contributed by atoms with E-state index in [-0.39, 0.29) is 29.9 Å². The number of amides is 3. The summed E-state index contributed by atoms with van der Waals surface area (Å²) in [4.78, 5) is 27.7. The lowest BCUT2D eigenvalue weighted by atomic mass is 9.92. The van der Waals surface area contributed by atoms with Gasteiger partial charge in [-0.2, -0.15) is 5.10 Å². The van der Waals surface area contributed by atoms with Crippen molar-refractivity contribution in [2.75, 3.05) is 17.2 Å². The molecule has 192 valence electrons. The van der Waals surface area contributed by atoms with Gasteiger partial charge in [-0.15, -0.1) is 0 Å². The fraction of sp³-hybridized carbons (Fsp3) is 0.370. The number of aryl methyl sites for hydroxylation is 1. The summed E-state index contributed by atoms with van der Waals surface area (Å²) in [5, 5.41) is 11.4. The number of hydrogen-bond acceptors (Lipinski definition) is 3. The summed E-state index contributed by atoms with van der Waals surface area (Å²) < 4.78 is 1.62. The molecule has 0 aliphatic carbocycles. The van der Waals surface area contributed by atoms with E-state index in [0.29, 0.717) is 21.6 Å². The van der Waals surface area contributed by atoms with Crippen LogP contribution in [0.1, 0.15) is 51.4 Å². The van der Waals surface area contributed by atoms with Crippen LogP contribution >= 0.6 is 23.2 Å². The van der Waals surface area contributed by atoms with Crippen LogP contribution in [-0.2, 0) is 10.2 Å². The van der Waals surface area contributed by atoms with Crippen LogP contribution < -0.4 is 10.6 Å². The Morgan fingerprint density at radius 1 is 1.03 bits per heavy atom. The van der Waals surface area contributed by atoms with E-state index in [1.165, 1.54) is 4.90 Å². The molecule has 2 aromatic carbocycles. The highest BCUT2D eigenvalue weighted by Crippen LogP contribution is 2.29. The Morgan fingerprint density at radius 2 is 1.72 bits per heavy atom. The van der Waals surface area contributed by atoms with E-state index in [4.69, 9.17) is 28.3 Å². The first-order valence-electron chi connectivity index (χ1n) is 11.8. The van der Waals surface area contributed by atoms with Crippen LogP contribution in [0.25, 0.3) is 5.69 Å². The molecule has 0 unspecified atom stereocenters. The summed E-state index contributed by atoms with van der Waals surface area (Å²) in [6.07, 6.45) is 0. The van der Waals surface area contributed by atoms with Crippen molar-refractivity contribution in [2.24, 2.45) is 0 Å². The Hall–Kier alpha value is -3.03. The van der Waals surface area contributed by atoms with Crippen molar-refractivity contribution in [3.05, 3.63) is 69.3 Å². The molecule has 3 aromatic rings. The second-order valence-electron chi connectivity index (χ2n) is 10.1. The number of carbonyl (C=O) groups is 2. The minimum Gasteiger partial charge on any atom is -0.313 e. The fourth-order valence-electron chi connectivity index (χ4n) is 3.55. The number of hydrogen-bond donors (Lipinski definition) is 2. The molecule has 0 fully saturated rings. The monoisotopic (exact) mass is 529 g/mol. The summed E-state index contributed by atoms with van der Waals surface area (Å²) in [5.41, 5.74) is 3.97. The maximum absolute atomic E-state index is 13.1. The van der Waals surface area contributed by atoms with Crippen molar-refractivity contribution < 1.29 is 9.59 Å². The van der Waals surface area contributed by atoms with Gasteiger partial charge in [0.2, 0.25) is 5.91 Å². The number of carbonyl (C=O) groups excluding carboxylic acids is 2. The number of benzene rings is 2. The quantitative estimate of drug-likeness (QED) is 0.361. The first-order valence-corrected chi connectivity index (χ1v) is 12.5. The number of halogens is 2. The molecule has 0 saturated carbocycles. The molecule has 0 bridgehead atoms. The van der Waals surface area contributed by atoms with Gasteiger partial charge in [-0.1, -0.05) is 56.1 Å². The maximum Gasteiger partial charge on any atom is 0.322 e. The van der Waals surface area contributed by atoms with Crippen LogP contribution in [0, 0.1) is 13.8 Å². The molecular formula is C27H33Cl2N5O2. The average Bonchev–Trinajstić information content (AvgIpc) is 3.21. The average molecular weight is 531 g/mol. The van der Waals surface area contributed by atoms with E-state index < -0.39 is 0 Å². The van der Waals surface area contributed by atoms with Crippen molar-refractivity contribution in [3.8, 4) is 5.69 Å². The third-order valence-electron chi connectivity index (χ3n) is 5.94. The van der Waals surface area contributed by atoms with Crippen molar-refractivity contribution >= 4 is 46.6 Å². The zero-order valence-corrected chi connectivity index (χ0v) is 23.3. The van der Waals surface area contributed by atoms with Gasteiger partial charge in [-0.25, -0.2) is 9.48 Å². The van der Waals surface area contributed by atoms with Gasteiger partial charge in [0.15, 0.2) is 0 Å². The van der Waals surface area contributed by atoms with Gasteiger partial charge in [-0.3, -0.25) is 4.79 Å². The van der Waals surface area contributed by atoms with E-state index in [9.17, 15) is 9.59 Å². The Labute approximate surface area is 222 Å². The third-order valence-corrected chi connectivity index (χ3v) is 6.68. The minimum absolute atomic E-state index is 0.133. The van der Waals surface area contributed by atoms with E-state index in [1.807, 2.05) is 72.7 Å². The SMILES string of the molecule is Cc1cccc(NC(=O)N(CC(=O)Nc2cc(C(C)(C)C)nn2-c2ccc(Cl)c(Cl)c2)C(C)C)c1C. The molecule has 0 saturated heterocycles. The highest BCUT2D eigenvalue weighted by molar-refractivity contribution is 6.42. The Morgan fingerprint density at radius 3 is 2.33 bits per heavy atom. The summed E-state index contributed by atoms with van der Waals surface area (Å²) in [5.74, 6) is 0.128. The molecular weight excluding hydrogens is 497 g/mol. The molecule has 7 nitrogen and oxygen atoms in total. The number of anilines is 2. The molecule has 2 N–H and O–H groups in total. The van der Waals surface area contributed by atoms with Crippen molar-refractivity contribution in [2.45, 2.75) is 59.9 Å². The molecule has 9 heteroatoms. The maximum atomic E-state index is 13.1. The largest absolute Gasteiger partial charge is 0.322 e. The smallest absolute Gasteiger partial charge is 0.313 e. The number of urea groups is 1. The van der Waals surface area contributed by atoms with E-state index in [1.54, 1.807) is 22.9 Å². The molecule has 3 rings (SSSR count). The molecule has 0 radical (unpaired) electrons.